The zero-order valence-electron chi connectivity index (χ0n) is 24.7. The second-order valence-electron chi connectivity index (χ2n) is 11.9. The largest absolute Gasteiger partial charge is 0.481 e. The molecule has 4 rings (SSSR count). The lowest BCUT2D eigenvalue weighted by Gasteiger charge is -2.20. The molecule has 0 fully saturated rings. The van der Waals surface area contributed by atoms with Gasteiger partial charge in [-0.05, 0) is 71.3 Å². The van der Waals surface area contributed by atoms with Gasteiger partial charge in [0.25, 0.3) is 5.91 Å². The number of aliphatic carboxylic acids is 1. The van der Waals surface area contributed by atoms with Gasteiger partial charge in [-0.25, -0.2) is 0 Å². The van der Waals surface area contributed by atoms with Crippen molar-refractivity contribution in [3.63, 3.8) is 0 Å². The van der Waals surface area contributed by atoms with E-state index in [0.717, 1.165) is 34.9 Å². The lowest BCUT2D eigenvalue weighted by Crippen LogP contribution is -2.26. The van der Waals surface area contributed by atoms with Gasteiger partial charge in [-0.15, -0.1) is 0 Å². The molecule has 0 radical (unpaired) electrons. The van der Waals surface area contributed by atoms with Crippen molar-refractivity contribution < 1.29 is 19.5 Å². The number of carbonyl (C=O) groups excluding carboxylic acids is 2. The minimum Gasteiger partial charge on any atom is -0.481 e. The van der Waals surface area contributed by atoms with Gasteiger partial charge in [0.2, 0.25) is 0 Å². The van der Waals surface area contributed by atoms with Crippen LogP contribution >= 0.6 is 11.6 Å². The fourth-order valence-electron chi connectivity index (χ4n) is 5.25. The number of nitrogens with zero attached hydrogens (tertiary/aromatic N) is 1. The van der Waals surface area contributed by atoms with Gasteiger partial charge in [-0.1, -0.05) is 82.1 Å². The standard InChI is InChI=1S/C35H39ClN2O4/c1-5-6-26(19-23-7-11-25(12-8-23)34(42)37-18-17-32(39)40)33(41)31-21-27-20-29(36)15-16-30(27)38(31)22-24-9-13-28(14-10-24)35(2,3)4/h7-16,20-21,26H,5-6,17-19,22H2,1-4H3,(H,37,42)(H,39,40). The van der Waals surface area contributed by atoms with E-state index in [1.807, 2.05) is 36.4 Å². The maximum atomic E-state index is 14.2. The summed E-state index contributed by atoms with van der Waals surface area (Å²) in [6.45, 7) is 9.31. The first-order chi connectivity index (χ1) is 20.0. The molecule has 0 aliphatic carbocycles. The molecule has 4 aromatic rings. The fraction of sp³-hybridized carbons (Fsp3) is 0.343. The normalized spacial score (nSPS) is 12.3. The van der Waals surface area contributed by atoms with Crippen LogP contribution in [0.25, 0.3) is 10.9 Å². The zero-order valence-corrected chi connectivity index (χ0v) is 25.5. The Balaban J connectivity index is 1.59. The number of carboxylic acids is 1. The molecular weight excluding hydrogens is 548 g/mol. The molecule has 2 N–H and O–H groups in total. The molecule has 6 nitrogen and oxygen atoms in total. The van der Waals surface area contributed by atoms with Crippen LogP contribution in [-0.2, 0) is 23.2 Å². The summed E-state index contributed by atoms with van der Waals surface area (Å²) in [5.74, 6) is -1.42. The Hall–Kier alpha value is -3.90. The van der Waals surface area contributed by atoms with Crippen molar-refractivity contribution in [3.8, 4) is 0 Å². The van der Waals surface area contributed by atoms with Crippen molar-refractivity contribution >= 4 is 40.2 Å². The molecule has 7 heteroatoms. The van der Waals surface area contributed by atoms with Crippen molar-refractivity contribution in [3.05, 3.63) is 106 Å². The quantitative estimate of drug-likeness (QED) is 0.167. The molecule has 0 saturated heterocycles. The summed E-state index contributed by atoms with van der Waals surface area (Å²) in [5, 5.41) is 13.0. The van der Waals surface area contributed by atoms with E-state index < -0.39 is 5.97 Å². The van der Waals surface area contributed by atoms with Crippen LogP contribution in [0.3, 0.4) is 0 Å². The summed E-state index contributed by atoms with van der Waals surface area (Å²) in [7, 11) is 0. The van der Waals surface area contributed by atoms with Crippen LogP contribution < -0.4 is 5.32 Å². The van der Waals surface area contributed by atoms with Crippen molar-refractivity contribution in [1.82, 2.24) is 9.88 Å². The second-order valence-corrected chi connectivity index (χ2v) is 12.4. The topological polar surface area (TPSA) is 88.4 Å². The predicted octanol–water partition coefficient (Wildman–Crippen LogP) is 7.69. The van der Waals surface area contributed by atoms with Crippen LogP contribution in [0.15, 0.2) is 72.8 Å². The molecule has 1 atom stereocenters. The monoisotopic (exact) mass is 586 g/mol. The average Bonchev–Trinajstić information content (AvgIpc) is 3.29. The number of Topliss-reactive ketones (excluding diaryl/α,β-unsaturated/α-hetero) is 1. The molecule has 0 aliphatic rings. The smallest absolute Gasteiger partial charge is 0.305 e. The summed E-state index contributed by atoms with van der Waals surface area (Å²) < 4.78 is 2.10. The van der Waals surface area contributed by atoms with Gasteiger partial charge in [0.05, 0.1) is 12.1 Å². The highest BCUT2D eigenvalue weighted by atomic mass is 35.5. The Morgan fingerprint density at radius 3 is 2.21 bits per heavy atom. The highest BCUT2D eigenvalue weighted by molar-refractivity contribution is 6.31. The number of fused-ring (bicyclic) bond motifs is 1. The van der Waals surface area contributed by atoms with Crippen LogP contribution in [0.1, 0.15) is 84.5 Å². The third kappa shape index (κ3) is 7.68. The van der Waals surface area contributed by atoms with E-state index in [1.54, 1.807) is 12.1 Å². The molecule has 3 aromatic carbocycles. The molecule has 220 valence electrons. The highest BCUT2D eigenvalue weighted by Crippen LogP contribution is 2.29. The number of hydrogen-bond donors (Lipinski definition) is 2. The van der Waals surface area contributed by atoms with Gasteiger partial charge in [0, 0.05) is 40.5 Å². The van der Waals surface area contributed by atoms with Crippen LogP contribution in [0, 0.1) is 5.92 Å². The predicted molar refractivity (Wildman–Crippen MR) is 169 cm³/mol. The van der Waals surface area contributed by atoms with Crippen molar-refractivity contribution in [2.24, 2.45) is 5.92 Å². The maximum absolute atomic E-state index is 14.2. The van der Waals surface area contributed by atoms with E-state index in [-0.39, 0.29) is 36.0 Å². The lowest BCUT2D eigenvalue weighted by molar-refractivity contribution is -0.136. The van der Waals surface area contributed by atoms with Crippen molar-refractivity contribution in [2.45, 2.75) is 65.3 Å². The summed E-state index contributed by atoms with van der Waals surface area (Å²) in [6.07, 6.45) is 2.02. The molecule has 0 saturated carbocycles. The van der Waals surface area contributed by atoms with Gasteiger partial charge in [0.15, 0.2) is 5.78 Å². The number of aromatic nitrogens is 1. The molecule has 1 aromatic heterocycles. The van der Waals surface area contributed by atoms with E-state index in [0.29, 0.717) is 29.2 Å². The molecule has 1 unspecified atom stereocenters. The van der Waals surface area contributed by atoms with Gasteiger partial charge >= 0.3 is 5.97 Å². The minimum atomic E-state index is -0.960. The maximum Gasteiger partial charge on any atom is 0.305 e. The summed E-state index contributed by atoms with van der Waals surface area (Å²) in [4.78, 5) is 37.2. The molecule has 0 spiro atoms. The van der Waals surface area contributed by atoms with Crippen molar-refractivity contribution in [1.29, 1.82) is 0 Å². The number of nitrogens with one attached hydrogen (secondary N) is 1. The number of hydrogen-bond acceptors (Lipinski definition) is 3. The number of rotatable bonds is 12. The van der Waals surface area contributed by atoms with E-state index >= 15 is 0 Å². The molecule has 0 aliphatic heterocycles. The molecule has 0 bridgehead atoms. The van der Waals surface area contributed by atoms with Crippen LogP contribution in [0.2, 0.25) is 5.02 Å². The Morgan fingerprint density at radius 2 is 1.60 bits per heavy atom. The van der Waals surface area contributed by atoms with Gasteiger partial charge < -0.3 is 15.0 Å². The molecule has 42 heavy (non-hydrogen) atoms. The Bertz CT molecular complexity index is 1560. The number of carboxylic acid groups (broad SMARTS) is 1. The lowest BCUT2D eigenvalue weighted by atomic mass is 9.86. The number of halogens is 1. The third-order valence-corrected chi connectivity index (χ3v) is 7.84. The third-order valence-electron chi connectivity index (χ3n) is 7.61. The van der Waals surface area contributed by atoms with Crippen LogP contribution in [0.4, 0.5) is 0 Å². The van der Waals surface area contributed by atoms with E-state index in [2.05, 4.69) is 61.8 Å². The summed E-state index contributed by atoms with van der Waals surface area (Å²) in [6, 6.07) is 23.5. The SMILES string of the molecule is CCCC(Cc1ccc(C(=O)NCCC(=O)O)cc1)C(=O)c1cc2cc(Cl)ccc2n1Cc1ccc(C(C)(C)C)cc1. The van der Waals surface area contributed by atoms with E-state index in [1.165, 1.54) is 5.56 Å². The van der Waals surface area contributed by atoms with Gasteiger partial charge in [0.1, 0.15) is 0 Å². The first kappa shape index (κ1) is 31.0. The average molecular weight is 587 g/mol. The molecular formula is C35H39ClN2O4. The van der Waals surface area contributed by atoms with Gasteiger partial charge in [-0.3, -0.25) is 14.4 Å². The number of amides is 1. The Labute approximate surface area is 252 Å². The van der Waals surface area contributed by atoms with Crippen LogP contribution in [0.5, 0.6) is 0 Å². The van der Waals surface area contributed by atoms with Gasteiger partial charge in [-0.2, -0.15) is 0 Å². The second kappa shape index (κ2) is 13.4. The van der Waals surface area contributed by atoms with E-state index in [9.17, 15) is 14.4 Å². The molecule has 1 heterocycles. The Morgan fingerprint density at radius 1 is 0.929 bits per heavy atom. The molecule has 1 amide bonds. The first-order valence-electron chi connectivity index (χ1n) is 14.5. The zero-order chi connectivity index (χ0) is 30.4. The Kier molecular flexibility index (Phi) is 9.89. The first-order valence-corrected chi connectivity index (χ1v) is 14.9. The number of ketones is 1. The highest BCUT2D eigenvalue weighted by Gasteiger charge is 2.25. The summed E-state index contributed by atoms with van der Waals surface area (Å²) >= 11 is 6.33. The fourth-order valence-corrected chi connectivity index (χ4v) is 5.43. The number of benzene rings is 3. The van der Waals surface area contributed by atoms with Crippen LogP contribution in [-0.4, -0.2) is 33.9 Å². The van der Waals surface area contributed by atoms with E-state index in [4.69, 9.17) is 16.7 Å². The van der Waals surface area contributed by atoms with Crippen molar-refractivity contribution in [2.75, 3.05) is 6.54 Å². The number of carbonyl (C=O) groups is 3. The minimum absolute atomic E-state index is 0.0618. The summed E-state index contributed by atoms with van der Waals surface area (Å²) in [5.41, 5.74) is 5.50.